The lowest BCUT2D eigenvalue weighted by Crippen LogP contribution is -2.26. The molecule has 1 N–H and O–H groups in total. The fourth-order valence-electron chi connectivity index (χ4n) is 2.82. The Bertz CT molecular complexity index is 971. The van der Waals surface area contributed by atoms with E-state index in [1.165, 1.54) is 0 Å². The number of aromatic nitrogens is 2. The molecular weight excluding hydrogens is 394 g/mol. The summed E-state index contributed by atoms with van der Waals surface area (Å²) in [7, 11) is 0. The summed E-state index contributed by atoms with van der Waals surface area (Å²) in [5, 5.41) is 10.7. The van der Waals surface area contributed by atoms with E-state index in [1.807, 2.05) is 44.2 Å². The van der Waals surface area contributed by atoms with Gasteiger partial charge in [0.2, 0.25) is 5.89 Å². The van der Waals surface area contributed by atoms with Gasteiger partial charge in [-0.1, -0.05) is 60.9 Å². The summed E-state index contributed by atoms with van der Waals surface area (Å²) in [5.41, 5.74) is 1.51. The molecule has 0 unspecified atom stereocenters. The topological polar surface area (TPSA) is 94.3 Å². The van der Waals surface area contributed by atoms with Gasteiger partial charge in [-0.05, 0) is 35.7 Å². The second kappa shape index (κ2) is 9.34. The van der Waals surface area contributed by atoms with Crippen molar-refractivity contribution in [2.45, 2.75) is 19.8 Å². The second-order valence-corrected chi connectivity index (χ2v) is 7.14. The highest BCUT2D eigenvalue weighted by Gasteiger charge is 2.26. The molecule has 7 nitrogen and oxygen atoms in total. The third kappa shape index (κ3) is 5.42. The number of halogens is 1. The largest absolute Gasteiger partial charge is 0.455 e. The van der Waals surface area contributed by atoms with Gasteiger partial charge in [-0.2, -0.15) is 0 Å². The van der Waals surface area contributed by atoms with Crippen LogP contribution in [0.25, 0.3) is 11.5 Å². The number of benzene rings is 2. The van der Waals surface area contributed by atoms with Gasteiger partial charge < -0.3 is 9.15 Å². The Hall–Kier alpha value is -3.19. The molecule has 29 heavy (non-hydrogen) atoms. The second-order valence-electron chi connectivity index (χ2n) is 6.71. The Morgan fingerprint density at radius 1 is 1.07 bits per heavy atom. The van der Waals surface area contributed by atoms with Crippen LogP contribution in [0.4, 0.5) is 6.01 Å². The van der Waals surface area contributed by atoms with Crippen molar-refractivity contribution < 1.29 is 18.7 Å². The zero-order valence-corrected chi connectivity index (χ0v) is 16.7. The molecule has 8 heteroatoms. The number of amides is 1. The summed E-state index contributed by atoms with van der Waals surface area (Å²) >= 11 is 5.91. The van der Waals surface area contributed by atoms with Crippen molar-refractivity contribution in [1.82, 2.24) is 10.2 Å². The maximum atomic E-state index is 12.5. The van der Waals surface area contributed by atoms with Crippen LogP contribution in [0.2, 0.25) is 5.02 Å². The molecule has 0 spiro atoms. The Labute approximate surface area is 173 Å². The normalized spacial score (nSPS) is 11.9. The Morgan fingerprint density at radius 2 is 1.76 bits per heavy atom. The minimum Gasteiger partial charge on any atom is -0.455 e. The molecular formula is C21H20ClN3O4. The molecule has 0 saturated heterocycles. The molecule has 3 aromatic rings. The standard InChI is InChI=1S/C21H20ClN3O4/c1-13(2)18(14-8-10-16(22)11-9-14)20(27)28-12-17(26)23-21-25-24-19(29-21)15-6-4-3-5-7-15/h3-11,13,18H,12H2,1-2H3,(H,23,25,26)/t18-/m1/s1. The zero-order chi connectivity index (χ0) is 20.8. The van der Waals surface area contributed by atoms with Crippen LogP contribution in [0.1, 0.15) is 25.3 Å². The molecule has 3 rings (SSSR count). The number of nitrogens with one attached hydrogen (secondary N) is 1. The van der Waals surface area contributed by atoms with Gasteiger partial charge in [-0.15, -0.1) is 5.10 Å². The van der Waals surface area contributed by atoms with E-state index in [1.54, 1.807) is 24.3 Å². The third-order valence-corrected chi connectivity index (χ3v) is 4.44. The van der Waals surface area contributed by atoms with Crippen molar-refractivity contribution in [3.63, 3.8) is 0 Å². The monoisotopic (exact) mass is 413 g/mol. The molecule has 0 aliphatic rings. The Morgan fingerprint density at radius 3 is 2.41 bits per heavy atom. The molecule has 1 heterocycles. The first-order valence-corrected chi connectivity index (χ1v) is 9.42. The number of carbonyl (C=O) groups is 2. The third-order valence-electron chi connectivity index (χ3n) is 4.19. The maximum Gasteiger partial charge on any atom is 0.322 e. The average Bonchev–Trinajstić information content (AvgIpc) is 3.17. The van der Waals surface area contributed by atoms with Crippen molar-refractivity contribution in [1.29, 1.82) is 0 Å². The lowest BCUT2D eigenvalue weighted by molar-refractivity contribution is -0.149. The van der Waals surface area contributed by atoms with Crippen LogP contribution in [-0.4, -0.2) is 28.7 Å². The molecule has 1 aromatic heterocycles. The number of rotatable bonds is 7. The summed E-state index contributed by atoms with van der Waals surface area (Å²) in [6, 6.07) is 16.1. The average molecular weight is 414 g/mol. The van der Waals surface area contributed by atoms with Crippen molar-refractivity contribution in [2.75, 3.05) is 11.9 Å². The first-order chi connectivity index (χ1) is 13.9. The minimum absolute atomic E-state index is 0.0175. The van der Waals surface area contributed by atoms with Crippen LogP contribution in [-0.2, 0) is 14.3 Å². The first-order valence-electron chi connectivity index (χ1n) is 9.05. The molecule has 0 aliphatic heterocycles. The van der Waals surface area contributed by atoms with Crippen LogP contribution in [0.5, 0.6) is 0 Å². The first kappa shape index (κ1) is 20.5. The van der Waals surface area contributed by atoms with Crippen LogP contribution < -0.4 is 5.32 Å². The van der Waals surface area contributed by atoms with E-state index in [9.17, 15) is 9.59 Å². The minimum atomic E-state index is -0.569. The van der Waals surface area contributed by atoms with Gasteiger partial charge in [-0.3, -0.25) is 14.9 Å². The quantitative estimate of drug-likeness (QED) is 0.580. The van der Waals surface area contributed by atoms with E-state index < -0.39 is 24.4 Å². The predicted octanol–water partition coefficient (Wildman–Crippen LogP) is 4.31. The summed E-state index contributed by atoms with van der Waals surface area (Å²) in [6.45, 7) is 3.35. The van der Waals surface area contributed by atoms with E-state index in [2.05, 4.69) is 15.5 Å². The van der Waals surface area contributed by atoms with E-state index in [0.29, 0.717) is 5.02 Å². The Kier molecular flexibility index (Phi) is 6.61. The molecule has 150 valence electrons. The SMILES string of the molecule is CC(C)[C@@H](C(=O)OCC(=O)Nc1nnc(-c2ccccc2)o1)c1ccc(Cl)cc1. The van der Waals surface area contributed by atoms with Crippen LogP contribution in [0.15, 0.2) is 59.0 Å². The number of hydrogen-bond donors (Lipinski definition) is 1. The lowest BCUT2D eigenvalue weighted by Gasteiger charge is -2.19. The van der Waals surface area contributed by atoms with Crippen LogP contribution in [0, 0.1) is 5.92 Å². The molecule has 1 amide bonds. The maximum absolute atomic E-state index is 12.5. The van der Waals surface area contributed by atoms with E-state index >= 15 is 0 Å². The molecule has 0 radical (unpaired) electrons. The van der Waals surface area contributed by atoms with Gasteiger partial charge in [0.1, 0.15) is 0 Å². The van der Waals surface area contributed by atoms with Gasteiger partial charge in [0, 0.05) is 10.6 Å². The molecule has 0 bridgehead atoms. The highest BCUT2D eigenvalue weighted by molar-refractivity contribution is 6.30. The lowest BCUT2D eigenvalue weighted by atomic mass is 9.88. The van der Waals surface area contributed by atoms with E-state index in [0.717, 1.165) is 11.1 Å². The van der Waals surface area contributed by atoms with Gasteiger partial charge >= 0.3 is 12.0 Å². The van der Waals surface area contributed by atoms with E-state index in [-0.39, 0.29) is 17.8 Å². The van der Waals surface area contributed by atoms with Crippen molar-refractivity contribution in [3.05, 3.63) is 65.2 Å². The van der Waals surface area contributed by atoms with Gasteiger partial charge in [0.15, 0.2) is 6.61 Å². The number of carbonyl (C=O) groups excluding carboxylic acids is 2. The van der Waals surface area contributed by atoms with Crippen molar-refractivity contribution in [3.8, 4) is 11.5 Å². The van der Waals surface area contributed by atoms with Crippen LogP contribution >= 0.6 is 11.6 Å². The fourth-order valence-corrected chi connectivity index (χ4v) is 2.94. The summed E-state index contributed by atoms with van der Waals surface area (Å²) in [6.07, 6.45) is 0. The summed E-state index contributed by atoms with van der Waals surface area (Å²) in [4.78, 5) is 24.6. The molecule has 0 fully saturated rings. The molecule has 0 saturated carbocycles. The highest BCUT2D eigenvalue weighted by atomic mass is 35.5. The number of anilines is 1. The highest BCUT2D eigenvalue weighted by Crippen LogP contribution is 2.27. The number of esters is 1. The molecule has 1 atom stereocenters. The number of nitrogens with zero attached hydrogens (tertiary/aromatic N) is 2. The molecule has 0 aliphatic carbocycles. The fraction of sp³-hybridized carbons (Fsp3) is 0.238. The van der Waals surface area contributed by atoms with Crippen LogP contribution in [0.3, 0.4) is 0 Å². The predicted molar refractivity (Wildman–Crippen MR) is 108 cm³/mol. The van der Waals surface area contributed by atoms with Gasteiger partial charge in [0.25, 0.3) is 5.91 Å². The molecule has 2 aromatic carbocycles. The van der Waals surface area contributed by atoms with Crippen molar-refractivity contribution >= 4 is 29.5 Å². The number of hydrogen-bond acceptors (Lipinski definition) is 6. The van der Waals surface area contributed by atoms with Crippen molar-refractivity contribution in [2.24, 2.45) is 5.92 Å². The zero-order valence-electron chi connectivity index (χ0n) is 16.0. The smallest absolute Gasteiger partial charge is 0.322 e. The van der Waals surface area contributed by atoms with E-state index in [4.69, 9.17) is 20.8 Å². The number of ether oxygens (including phenoxy) is 1. The summed E-state index contributed by atoms with van der Waals surface area (Å²) < 4.78 is 10.6. The Balaban J connectivity index is 1.57. The van der Waals surface area contributed by atoms with Gasteiger partial charge in [0.05, 0.1) is 5.92 Å². The summed E-state index contributed by atoms with van der Waals surface area (Å²) in [5.74, 6) is -1.31. The van der Waals surface area contributed by atoms with Gasteiger partial charge in [-0.25, -0.2) is 0 Å².